The van der Waals surface area contributed by atoms with Crippen molar-refractivity contribution >= 4 is 35.5 Å². The topological polar surface area (TPSA) is 248 Å². The van der Waals surface area contributed by atoms with Gasteiger partial charge in [-0.1, -0.05) is 0 Å². The Labute approximate surface area is 177 Å². The highest BCUT2D eigenvalue weighted by atomic mass is 16.4. The summed E-state index contributed by atoms with van der Waals surface area (Å²) in [7, 11) is 0. The normalized spacial score (nSPS) is 18.5. The Morgan fingerprint density at radius 2 is 1.68 bits per heavy atom. The number of rotatable bonds is 12. The molecule has 0 saturated carbocycles. The molecule has 0 radical (unpaired) electrons. The summed E-state index contributed by atoms with van der Waals surface area (Å²) in [5, 5.41) is 22.7. The number of aliphatic hydroxyl groups excluding tert-OH is 1. The van der Waals surface area contributed by atoms with Gasteiger partial charge in [-0.3, -0.25) is 24.0 Å². The van der Waals surface area contributed by atoms with Crippen molar-refractivity contribution in [3.05, 3.63) is 0 Å². The lowest BCUT2D eigenvalue weighted by molar-refractivity contribution is -0.145. The second kappa shape index (κ2) is 11.8. The molecule has 1 heterocycles. The Kier molecular flexibility index (Phi) is 9.82. The number of carbonyl (C=O) groups is 6. The molecular formula is C17H28N6O8. The van der Waals surface area contributed by atoms with Crippen molar-refractivity contribution in [2.45, 2.75) is 56.3 Å². The molecule has 0 aromatic carbocycles. The summed E-state index contributed by atoms with van der Waals surface area (Å²) in [6.45, 7) is -0.576. The van der Waals surface area contributed by atoms with Crippen molar-refractivity contribution in [3.8, 4) is 0 Å². The van der Waals surface area contributed by atoms with Gasteiger partial charge in [-0.2, -0.15) is 0 Å². The highest BCUT2D eigenvalue weighted by Gasteiger charge is 2.39. The summed E-state index contributed by atoms with van der Waals surface area (Å²) in [6, 6.07) is -5.19. The monoisotopic (exact) mass is 444 g/mol. The van der Waals surface area contributed by atoms with E-state index in [9.17, 15) is 33.9 Å². The van der Waals surface area contributed by atoms with Crippen LogP contribution in [-0.2, 0) is 28.8 Å². The molecule has 0 spiro atoms. The molecule has 4 atom stereocenters. The van der Waals surface area contributed by atoms with E-state index in [0.717, 1.165) is 4.90 Å². The van der Waals surface area contributed by atoms with E-state index in [-0.39, 0.29) is 25.8 Å². The number of hydrogen-bond acceptors (Lipinski definition) is 8. The van der Waals surface area contributed by atoms with Crippen molar-refractivity contribution in [2.75, 3.05) is 13.2 Å². The van der Waals surface area contributed by atoms with Crippen LogP contribution in [0, 0.1) is 0 Å². The number of primary amides is 2. The molecule has 0 aromatic heterocycles. The molecule has 1 saturated heterocycles. The van der Waals surface area contributed by atoms with Crippen LogP contribution in [-0.4, -0.2) is 87.9 Å². The average Bonchev–Trinajstić information content (AvgIpc) is 3.18. The number of aliphatic hydroxyl groups is 1. The smallest absolute Gasteiger partial charge is 0.326 e. The summed E-state index contributed by atoms with van der Waals surface area (Å²) in [6.07, 6.45) is -0.424. The zero-order valence-corrected chi connectivity index (χ0v) is 16.8. The number of carbonyl (C=O) groups excluding carboxylic acids is 5. The Balaban J connectivity index is 2.94. The summed E-state index contributed by atoms with van der Waals surface area (Å²) in [5.74, 6) is -5.43. The van der Waals surface area contributed by atoms with Crippen LogP contribution in [0.15, 0.2) is 0 Å². The van der Waals surface area contributed by atoms with Crippen LogP contribution in [0.4, 0.5) is 0 Å². The largest absolute Gasteiger partial charge is 0.480 e. The quantitative estimate of drug-likeness (QED) is 0.153. The molecule has 0 bridgehead atoms. The number of likely N-dealkylation sites (tertiary alicyclic amines) is 1. The zero-order valence-electron chi connectivity index (χ0n) is 16.8. The molecule has 174 valence electrons. The van der Waals surface area contributed by atoms with E-state index >= 15 is 0 Å². The van der Waals surface area contributed by atoms with Gasteiger partial charge in [-0.25, -0.2) is 4.79 Å². The van der Waals surface area contributed by atoms with E-state index in [1.54, 1.807) is 0 Å². The first-order valence-electron chi connectivity index (χ1n) is 9.55. The highest BCUT2D eigenvalue weighted by molar-refractivity contribution is 5.96. The molecule has 5 amide bonds. The van der Waals surface area contributed by atoms with Crippen LogP contribution in [0.5, 0.6) is 0 Å². The minimum Gasteiger partial charge on any atom is -0.480 e. The Bertz CT molecular complexity index is 729. The van der Waals surface area contributed by atoms with Crippen LogP contribution < -0.4 is 27.8 Å². The number of nitrogens with one attached hydrogen (secondary N) is 2. The molecule has 10 N–H and O–H groups in total. The van der Waals surface area contributed by atoms with Crippen molar-refractivity contribution in [1.29, 1.82) is 0 Å². The lowest BCUT2D eigenvalue weighted by Gasteiger charge is -2.29. The molecular weight excluding hydrogens is 416 g/mol. The van der Waals surface area contributed by atoms with Crippen molar-refractivity contribution in [1.82, 2.24) is 15.5 Å². The fourth-order valence-electron chi connectivity index (χ4n) is 3.08. The van der Waals surface area contributed by atoms with Crippen molar-refractivity contribution in [3.63, 3.8) is 0 Å². The van der Waals surface area contributed by atoms with E-state index in [1.807, 2.05) is 0 Å². The fraction of sp³-hybridized carbons (Fsp3) is 0.647. The van der Waals surface area contributed by atoms with Gasteiger partial charge in [0.25, 0.3) is 0 Å². The zero-order chi connectivity index (χ0) is 23.7. The lowest BCUT2D eigenvalue weighted by Crippen LogP contribution is -2.57. The predicted octanol–water partition coefficient (Wildman–Crippen LogP) is -4.51. The minimum atomic E-state index is -1.42. The van der Waals surface area contributed by atoms with Crippen LogP contribution in [0.2, 0.25) is 0 Å². The third-order valence-corrected chi connectivity index (χ3v) is 4.69. The van der Waals surface area contributed by atoms with E-state index in [1.165, 1.54) is 0 Å². The maximum Gasteiger partial charge on any atom is 0.326 e. The van der Waals surface area contributed by atoms with Gasteiger partial charge < -0.3 is 42.9 Å². The van der Waals surface area contributed by atoms with Gasteiger partial charge >= 0.3 is 5.97 Å². The molecule has 1 rings (SSSR count). The Morgan fingerprint density at radius 3 is 2.19 bits per heavy atom. The summed E-state index contributed by atoms with van der Waals surface area (Å²) in [4.78, 5) is 72.2. The first kappa shape index (κ1) is 25.8. The second-order valence-corrected chi connectivity index (χ2v) is 7.11. The molecule has 0 aromatic rings. The van der Waals surface area contributed by atoms with Gasteiger partial charge in [-0.05, 0) is 19.3 Å². The molecule has 1 aliphatic heterocycles. The third-order valence-electron chi connectivity index (χ3n) is 4.69. The maximum atomic E-state index is 12.9. The molecule has 14 nitrogen and oxygen atoms in total. The van der Waals surface area contributed by atoms with Crippen molar-refractivity contribution < 1.29 is 39.0 Å². The molecule has 1 fully saturated rings. The second-order valence-electron chi connectivity index (χ2n) is 7.11. The number of aliphatic carboxylic acids is 1. The van der Waals surface area contributed by atoms with Crippen LogP contribution in [0.3, 0.4) is 0 Å². The average molecular weight is 444 g/mol. The van der Waals surface area contributed by atoms with Gasteiger partial charge in [0.2, 0.25) is 29.5 Å². The number of amides is 5. The van der Waals surface area contributed by atoms with Gasteiger partial charge in [0, 0.05) is 13.0 Å². The van der Waals surface area contributed by atoms with Gasteiger partial charge in [0.15, 0.2) is 0 Å². The first-order chi connectivity index (χ1) is 14.5. The van der Waals surface area contributed by atoms with Crippen LogP contribution in [0.25, 0.3) is 0 Å². The highest BCUT2D eigenvalue weighted by Crippen LogP contribution is 2.20. The third kappa shape index (κ3) is 7.82. The molecule has 0 aliphatic carbocycles. The van der Waals surface area contributed by atoms with Crippen molar-refractivity contribution in [2.24, 2.45) is 17.2 Å². The lowest BCUT2D eigenvalue weighted by atomic mass is 10.1. The summed E-state index contributed by atoms with van der Waals surface area (Å²) < 4.78 is 0. The van der Waals surface area contributed by atoms with Gasteiger partial charge in [-0.15, -0.1) is 0 Å². The van der Waals surface area contributed by atoms with Crippen LogP contribution >= 0.6 is 0 Å². The molecule has 1 aliphatic rings. The number of carboxylic acid groups (broad SMARTS) is 1. The van der Waals surface area contributed by atoms with E-state index in [2.05, 4.69) is 10.6 Å². The number of carboxylic acids is 1. The van der Waals surface area contributed by atoms with E-state index < -0.39 is 72.7 Å². The maximum absolute atomic E-state index is 12.9. The number of nitrogens with two attached hydrogens (primary N) is 3. The fourth-order valence-corrected chi connectivity index (χ4v) is 3.08. The first-order valence-corrected chi connectivity index (χ1v) is 9.55. The molecule has 31 heavy (non-hydrogen) atoms. The standard InChI is InChI=1S/C17H28N6O8/c18-8(7-24)14(27)22-10(6-13(20)26)16(29)23-5-1-2-11(23)15(28)21-9(17(30)31)3-4-12(19)25/h8-11,24H,1-7,18H2,(H2,19,25)(H2,20,26)(H,21,28)(H,22,27)(H,30,31). The van der Waals surface area contributed by atoms with Crippen LogP contribution in [0.1, 0.15) is 32.1 Å². The Hall–Kier alpha value is -3.26. The molecule has 4 unspecified atom stereocenters. The summed E-state index contributed by atoms with van der Waals surface area (Å²) >= 11 is 0. The molecule has 14 heteroatoms. The van der Waals surface area contributed by atoms with E-state index in [4.69, 9.17) is 22.3 Å². The SMILES string of the molecule is NC(=O)CCC(NC(=O)C1CCCN1C(=O)C(CC(N)=O)NC(=O)C(N)CO)C(=O)O. The predicted molar refractivity (Wildman–Crippen MR) is 104 cm³/mol. The minimum absolute atomic E-state index is 0.118. The Morgan fingerprint density at radius 1 is 1.03 bits per heavy atom. The number of hydrogen-bond donors (Lipinski definition) is 7. The van der Waals surface area contributed by atoms with E-state index in [0.29, 0.717) is 6.42 Å². The van der Waals surface area contributed by atoms with Gasteiger partial charge in [0.05, 0.1) is 13.0 Å². The number of nitrogens with zero attached hydrogens (tertiary/aromatic N) is 1. The van der Waals surface area contributed by atoms with Gasteiger partial charge in [0.1, 0.15) is 24.2 Å². The summed E-state index contributed by atoms with van der Waals surface area (Å²) in [5.41, 5.74) is 15.5.